The van der Waals surface area contributed by atoms with Crippen molar-refractivity contribution in [3.8, 4) is 0 Å². The van der Waals surface area contributed by atoms with Crippen LogP contribution in [-0.2, 0) is 9.59 Å². The molecule has 3 nitrogen and oxygen atoms in total. The van der Waals surface area contributed by atoms with Gasteiger partial charge in [-0.1, -0.05) is 6.92 Å². The molecular weight excluding hydrogens is 188 g/mol. The standard InChI is InChI=1S/C6H9F2NO2S/c1-3(5(7)8)4(6(11)12)9-2-10/h2-5H,1H3,(H,9,10)(H,11,12). The fourth-order valence-electron chi connectivity index (χ4n) is 0.667. The Hall–Kier alpha value is -0.650. The van der Waals surface area contributed by atoms with Crippen molar-refractivity contribution < 1.29 is 18.4 Å². The largest absolute Gasteiger partial charge is 0.347 e. The van der Waals surface area contributed by atoms with Gasteiger partial charge in [-0.25, -0.2) is 8.78 Å². The van der Waals surface area contributed by atoms with E-state index in [0.717, 1.165) is 0 Å². The Morgan fingerprint density at radius 1 is 1.58 bits per heavy atom. The molecule has 0 rings (SSSR count). The average Bonchev–Trinajstić information content (AvgIpc) is 1.98. The summed E-state index contributed by atoms with van der Waals surface area (Å²) in [6, 6.07) is -1.22. The average molecular weight is 197 g/mol. The molecule has 0 saturated carbocycles. The minimum Gasteiger partial charge on any atom is -0.347 e. The number of hydrogen-bond acceptors (Lipinski definition) is 2. The third-order valence-corrected chi connectivity index (χ3v) is 1.72. The second kappa shape index (κ2) is 5.08. The lowest BCUT2D eigenvalue weighted by atomic mass is 10.0. The maximum Gasteiger partial charge on any atom is 0.243 e. The highest BCUT2D eigenvalue weighted by Gasteiger charge is 2.28. The number of amides is 1. The molecule has 2 unspecified atom stereocenters. The number of carbonyl (C=O) groups excluding carboxylic acids is 2. The van der Waals surface area contributed by atoms with Gasteiger partial charge < -0.3 is 5.32 Å². The normalized spacial score (nSPS) is 15.4. The number of nitrogens with one attached hydrogen (secondary N) is 1. The summed E-state index contributed by atoms with van der Waals surface area (Å²) in [4.78, 5) is 20.5. The maximum absolute atomic E-state index is 12.0. The summed E-state index contributed by atoms with van der Waals surface area (Å²) in [6.45, 7) is 1.17. The molecule has 0 fully saturated rings. The van der Waals surface area contributed by atoms with Crippen LogP contribution in [-0.4, -0.2) is 24.0 Å². The summed E-state index contributed by atoms with van der Waals surface area (Å²) in [6.07, 6.45) is -2.45. The Morgan fingerprint density at radius 2 is 2.08 bits per heavy atom. The summed E-state index contributed by atoms with van der Waals surface area (Å²) in [5.41, 5.74) is 0. The SMILES string of the molecule is CC(C(F)F)C(NC=O)C(=O)S. The lowest BCUT2D eigenvalue weighted by molar-refractivity contribution is -0.119. The van der Waals surface area contributed by atoms with Gasteiger partial charge in [0.05, 0.1) is 0 Å². The van der Waals surface area contributed by atoms with E-state index < -0.39 is 23.5 Å². The van der Waals surface area contributed by atoms with Crippen LogP contribution in [0.3, 0.4) is 0 Å². The third kappa shape index (κ3) is 3.17. The Morgan fingerprint density at radius 3 is 2.33 bits per heavy atom. The second-order valence-corrected chi connectivity index (χ2v) is 2.73. The van der Waals surface area contributed by atoms with Crippen molar-refractivity contribution in [2.45, 2.75) is 19.4 Å². The monoisotopic (exact) mass is 197 g/mol. The molecule has 0 radical (unpaired) electrons. The zero-order valence-corrected chi connectivity index (χ0v) is 7.22. The molecule has 0 aliphatic carbocycles. The molecule has 0 bridgehead atoms. The lowest BCUT2D eigenvalue weighted by Crippen LogP contribution is -2.41. The van der Waals surface area contributed by atoms with E-state index in [1.54, 1.807) is 0 Å². The van der Waals surface area contributed by atoms with Gasteiger partial charge in [0.1, 0.15) is 6.04 Å². The number of carbonyl (C=O) groups is 2. The van der Waals surface area contributed by atoms with Crippen molar-refractivity contribution in [2.24, 2.45) is 5.92 Å². The first-order chi connectivity index (χ1) is 5.50. The highest BCUT2D eigenvalue weighted by atomic mass is 32.1. The quantitative estimate of drug-likeness (QED) is 0.497. The van der Waals surface area contributed by atoms with E-state index in [-0.39, 0.29) is 6.41 Å². The van der Waals surface area contributed by atoms with Gasteiger partial charge in [-0.05, 0) is 0 Å². The second-order valence-electron chi connectivity index (χ2n) is 2.29. The van der Waals surface area contributed by atoms with Crippen molar-refractivity contribution in [2.75, 3.05) is 0 Å². The lowest BCUT2D eigenvalue weighted by Gasteiger charge is -2.18. The first kappa shape index (κ1) is 11.4. The van der Waals surface area contributed by atoms with Crippen molar-refractivity contribution in [1.82, 2.24) is 5.32 Å². The van der Waals surface area contributed by atoms with Crippen LogP contribution in [0.5, 0.6) is 0 Å². The van der Waals surface area contributed by atoms with Crippen LogP contribution in [0, 0.1) is 5.92 Å². The Labute approximate surface area is 73.9 Å². The molecule has 6 heteroatoms. The Balaban J connectivity index is 4.28. The van der Waals surface area contributed by atoms with E-state index in [9.17, 15) is 18.4 Å². The summed E-state index contributed by atoms with van der Waals surface area (Å²) < 4.78 is 24.0. The van der Waals surface area contributed by atoms with Crippen LogP contribution in [0.2, 0.25) is 0 Å². The van der Waals surface area contributed by atoms with Gasteiger partial charge >= 0.3 is 0 Å². The molecule has 0 spiro atoms. The first-order valence-electron chi connectivity index (χ1n) is 3.21. The van der Waals surface area contributed by atoms with Gasteiger partial charge in [0.15, 0.2) is 0 Å². The van der Waals surface area contributed by atoms with Crippen LogP contribution < -0.4 is 5.32 Å². The number of alkyl halides is 2. The van der Waals surface area contributed by atoms with E-state index in [1.807, 2.05) is 5.32 Å². The van der Waals surface area contributed by atoms with E-state index >= 15 is 0 Å². The molecule has 0 aromatic carbocycles. The molecule has 2 atom stereocenters. The number of thiol groups is 1. The molecule has 70 valence electrons. The molecule has 0 aromatic rings. The first-order valence-corrected chi connectivity index (χ1v) is 3.66. The molecule has 1 N–H and O–H groups in total. The molecule has 0 saturated heterocycles. The van der Waals surface area contributed by atoms with E-state index in [0.29, 0.717) is 0 Å². The highest BCUT2D eigenvalue weighted by molar-refractivity contribution is 7.96. The molecule has 1 amide bonds. The van der Waals surface area contributed by atoms with Crippen molar-refractivity contribution in [3.63, 3.8) is 0 Å². The molecule has 0 aliphatic rings. The van der Waals surface area contributed by atoms with Gasteiger partial charge in [-0.15, -0.1) is 12.6 Å². The smallest absolute Gasteiger partial charge is 0.243 e. The van der Waals surface area contributed by atoms with Gasteiger partial charge in [-0.2, -0.15) is 0 Å². The molecule has 0 aromatic heterocycles. The van der Waals surface area contributed by atoms with E-state index in [1.165, 1.54) is 6.92 Å². The predicted octanol–water partition coefficient (Wildman–Crippen LogP) is 0.459. The highest BCUT2D eigenvalue weighted by Crippen LogP contribution is 2.14. The third-order valence-electron chi connectivity index (χ3n) is 1.44. The predicted molar refractivity (Wildman–Crippen MR) is 42.1 cm³/mol. The van der Waals surface area contributed by atoms with Crippen molar-refractivity contribution >= 4 is 24.2 Å². The summed E-state index contributed by atoms with van der Waals surface area (Å²) >= 11 is 3.37. The fourth-order valence-corrected chi connectivity index (χ4v) is 0.976. The number of halogens is 2. The van der Waals surface area contributed by atoms with Crippen LogP contribution in [0.25, 0.3) is 0 Å². The van der Waals surface area contributed by atoms with Crippen LogP contribution in [0.15, 0.2) is 0 Å². The Bertz CT molecular complexity index is 177. The summed E-state index contributed by atoms with van der Waals surface area (Å²) in [5.74, 6) is -1.22. The topological polar surface area (TPSA) is 46.2 Å². The zero-order chi connectivity index (χ0) is 9.72. The zero-order valence-electron chi connectivity index (χ0n) is 6.33. The van der Waals surface area contributed by atoms with Gasteiger partial charge in [0.25, 0.3) is 0 Å². The maximum atomic E-state index is 12.0. The van der Waals surface area contributed by atoms with Gasteiger partial charge in [-0.3, -0.25) is 9.59 Å². The molecule has 0 aliphatic heterocycles. The van der Waals surface area contributed by atoms with Crippen LogP contribution in [0.4, 0.5) is 8.78 Å². The Kier molecular flexibility index (Phi) is 4.80. The van der Waals surface area contributed by atoms with E-state index in [2.05, 4.69) is 12.6 Å². The summed E-state index contributed by atoms with van der Waals surface area (Å²) in [5, 5.41) is 1.21. The van der Waals surface area contributed by atoms with Crippen LogP contribution in [0.1, 0.15) is 6.92 Å². The van der Waals surface area contributed by atoms with Crippen molar-refractivity contribution in [1.29, 1.82) is 0 Å². The fraction of sp³-hybridized carbons (Fsp3) is 0.667. The van der Waals surface area contributed by atoms with Crippen LogP contribution >= 0.6 is 12.6 Å². The van der Waals surface area contributed by atoms with Crippen molar-refractivity contribution in [3.05, 3.63) is 0 Å². The molecular formula is C6H9F2NO2S. The minimum atomic E-state index is -2.65. The molecule has 0 heterocycles. The number of rotatable bonds is 5. The number of hydrogen-bond donors (Lipinski definition) is 2. The van der Waals surface area contributed by atoms with Gasteiger partial charge in [0, 0.05) is 5.92 Å². The van der Waals surface area contributed by atoms with E-state index in [4.69, 9.17) is 0 Å². The van der Waals surface area contributed by atoms with Gasteiger partial charge in [0.2, 0.25) is 18.0 Å². The summed E-state index contributed by atoms with van der Waals surface area (Å²) in [7, 11) is 0. The minimum absolute atomic E-state index is 0.206. The molecule has 12 heavy (non-hydrogen) atoms.